The van der Waals surface area contributed by atoms with Gasteiger partial charge in [-0.15, -0.1) is 5.10 Å². The molecule has 3 aliphatic rings. The fourth-order valence-electron chi connectivity index (χ4n) is 2.64. The van der Waals surface area contributed by atoms with Gasteiger partial charge in [-0.2, -0.15) is 0 Å². The molecular formula is C16H20N6. The Kier molecular flexibility index (Phi) is 4.00. The highest BCUT2D eigenvalue weighted by atomic mass is 15.6. The SMILES string of the molecule is CC.CC1=CC=C2C=C(N3C=NCC3)c3nnnn3C2C=C1. The van der Waals surface area contributed by atoms with Crippen LogP contribution < -0.4 is 0 Å². The van der Waals surface area contributed by atoms with E-state index in [9.17, 15) is 0 Å². The lowest BCUT2D eigenvalue weighted by atomic mass is 10.0. The third-order valence-electron chi connectivity index (χ3n) is 3.71. The summed E-state index contributed by atoms with van der Waals surface area (Å²) in [7, 11) is 0. The largest absolute Gasteiger partial charge is 0.328 e. The maximum atomic E-state index is 4.27. The lowest BCUT2D eigenvalue weighted by molar-refractivity contribution is 0.548. The molecule has 6 nitrogen and oxygen atoms in total. The first-order valence-electron chi connectivity index (χ1n) is 7.66. The van der Waals surface area contributed by atoms with Gasteiger partial charge in [-0.1, -0.05) is 43.7 Å². The molecule has 0 radical (unpaired) electrons. The number of nitrogens with zero attached hydrogens (tertiary/aromatic N) is 6. The number of aliphatic imine (C=N–C) groups is 1. The number of hydrogen-bond acceptors (Lipinski definition) is 5. The summed E-state index contributed by atoms with van der Waals surface area (Å²) in [5, 5.41) is 12.2. The Morgan fingerprint density at radius 2 is 2.09 bits per heavy atom. The topological polar surface area (TPSA) is 59.2 Å². The van der Waals surface area contributed by atoms with Crippen LogP contribution in [0.4, 0.5) is 0 Å². The fourth-order valence-corrected chi connectivity index (χ4v) is 2.64. The van der Waals surface area contributed by atoms with Gasteiger partial charge in [-0.25, -0.2) is 4.68 Å². The summed E-state index contributed by atoms with van der Waals surface area (Å²) in [6.07, 6.45) is 12.5. The van der Waals surface area contributed by atoms with Crippen molar-refractivity contribution in [1.82, 2.24) is 25.1 Å². The summed E-state index contributed by atoms with van der Waals surface area (Å²) in [5.41, 5.74) is 3.42. The molecule has 22 heavy (non-hydrogen) atoms. The molecule has 1 unspecified atom stereocenters. The van der Waals surface area contributed by atoms with Crippen LogP contribution in [0.25, 0.3) is 5.70 Å². The molecule has 114 valence electrons. The quantitative estimate of drug-likeness (QED) is 0.798. The van der Waals surface area contributed by atoms with E-state index in [1.165, 1.54) is 11.1 Å². The van der Waals surface area contributed by atoms with E-state index in [0.717, 1.165) is 24.6 Å². The standard InChI is InChI=1S/C14H14N6.C2H6/c1-10-2-4-11-8-13(19-7-6-15-9-19)14-16-17-18-20(14)12(11)5-3-10;1-2/h2-5,8-9,12H,6-7H2,1H3;1-2H3. The van der Waals surface area contributed by atoms with Gasteiger partial charge in [0.2, 0.25) is 0 Å². The maximum Gasteiger partial charge on any atom is 0.199 e. The normalized spacial score (nSPS) is 21.9. The number of fused-ring (bicyclic) bond motifs is 3. The molecule has 0 N–H and O–H groups in total. The molecule has 0 bridgehead atoms. The molecule has 1 aliphatic carbocycles. The van der Waals surface area contributed by atoms with E-state index in [1.807, 2.05) is 24.9 Å². The molecule has 0 spiro atoms. The molecule has 1 atom stereocenters. The van der Waals surface area contributed by atoms with Crippen molar-refractivity contribution in [2.24, 2.45) is 4.99 Å². The number of hydrogen-bond donors (Lipinski definition) is 0. The fraction of sp³-hybridized carbons (Fsp3) is 0.375. The third kappa shape index (κ3) is 2.41. The Hall–Kier alpha value is -2.50. The Bertz CT molecular complexity index is 704. The van der Waals surface area contributed by atoms with Gasteiger partial charge < -0.3 is 4.90 Å². The molecule has 4 rings (SSSR count). The van der Waals surface area contributed by atoms with Crippen molar-refractivity contribution >= 4 is 12.0 Å². The summed E-state index contributed by atoms with van der Waals surface area (Å²) in [6.45, 7) is 7.78. The molecule has 0 aromatic carbocycles. The summed E-state index contributed by atoms with van der Waals surface area (Å²) in [4.78, 5) is 6.37. The van der Waals surface area contributed by atoms with Crippen molar-refractivity contribution in [1.29, 1.82) is 0 Å². The minimum Gasteiger partial charge on any atom is -0.328 e. The summed E-state index contributed by atoms with van der Waals surface area (Å²) in [6, 6.07) is 0.0667. The Morgan fingerprint density at radius 3 is 2.86 bits per heavy atom. The van der Waals surface area contributed by atoms with Crippen molar-refractivity contribution in [3.8, 4) is 0 Å². The Balaban J connectivity index is 0.000000693. The van der Waals surface area contributed by atoms with Crippen LogP contribution in [-0.2, 0) is 0 Å². The number of tetrazole rings is 1. The third-order valence-corrected chi connectivity index (χ3v) is 3.71. The molecule has 1 aromatic heterocycles. The van der Waals surface area contributed by atoms with Crippen molar-refractivity contribution in [2.75, 3.05) is 13.1 Å². The van der Waals surface area contributed by atoms with Gasteiger partial charge >= 0.3 is 0 Å². The van der Waals surface area contributed by atoms with Gasteiger partial charge in [0.05, 0.1) is 24.6 Å². The van der Waals surface area contributed by atoms with Crippen molar-refractivity contribution in [3.05, 3.63) is 47.4 Å². The lowest BCUT2D eigenvalue weighted by Crippen LogP contribution is -2.26. The van der Waals surface area contributed by atoms with E-state index in [4.69, 9.17) is 0 Å². The van der Waals surface area contributed by atoms with Gasteiger partial charge in [0.1, 0.15) is 0 Å². The van der Waals surface area contributed by atoms with E-state index >= 15 is 0 Å². The first-order chi connectivity index (χ1) is 10.8. The zero-order valence-electron chi connectivity index (χ0n) is 13.1. The molecule has 0 amide bonds. The Labute approximate surface area is 130 Å². The van der Waals surface area contributed by atoms with E-state index in [-0.39, 0.29) is 6.04 Å². The van der Waals surface area contributed by atoms with Gasteiger partial charge in [0.25, 0.3) is 0 Å². The summed E-state index contributed by atoms with van der Waals surface area (Å²) in [5.74, 6) is 0.796. The first kappa shape index (κ1) is 14.4. The van der Waals surface area contributed by atoms with Crippen LogP contribution >= 0.6 is 0 Å². The van der Waals surface area contributed by atoms with Crippen molar-refractivity contribution in [2.45, 2.75) is 26.8 Å². The Morgan fingerprint density at radius 1 is 1.23 bits per heavy atom. The number of rotatable bonds is 1. The minimum absolute atomic E-state index is 0.0667. The second-order valence-electron chi connectivity index (χ2n) is 5.07. The predicted octanol–water partition coefficient (Wildman–Crippen LogP) is 2.38. The van der Waals surface area contributed by atoms with E-state index in [2.05, 4.69) is 62.7 Å². The number of aromatic nitrogens is 4. The van der Waals surface area contributed by atoms with Crippen LogP contribution in [0.1, 0.15) is 32.6 Å². The van der Waals surface area contributed by atoms with Crippen LogP contribution in [-0.4, -0.2) is 44.5 Å². The van der Waals surface area contributed by atoms with Crippen LogP contribution in [0.15, 0.2) is 46.5 Å². The maximum absolute atomic E-state index is 4.27. The zero-order valence-corrected chi connectivity index (χ0v) is 13.1. The molecule has 2 aliphatic heterocycles. The zero-order chi connectivity index (χ0) is 15.5. The van der Waals surface area contributed by atoms with Gasteiger partial charge in [-0.05, 0) is 29.0 Å². The van der Waals surface area contributed by atoms with E-state index in [1.54, 1.807) is 0 Å². The lowest BCUT2D eigenvalue weighted by Gasteiger charge is -2.26. The summed E-state index contributed by atoms with van der Waals surface area (Å²) >= 11 is 0. The van der Waals surface area contributed by atoms with E-state index < -0.39 is 0 Å². The molecule has 0 saturated heterocycles. The van der Waals surface area contributed by atoms with E-state index in [0.29, 0.717) is 0 Å². The van der Waals surface area contributed by atoms with Gasteiger partial charge in [0.15, 0.2) is 5.82 Å². The highest BCUT2D eigenvalue weighted by Gasteiger charge is 2.29. The van der Waals surface area contributed by atoms with Crippen molar-refractivity contribution in [3.63, 3.8) is 0 Å². The molecular weight excluding hydrogens is 276 g/mol. The molecule has 0 fully saturated rings. The van der Waals surface area contributed by atoms with Gasteiger partial charge in [-0.3, -0.25) is 4.99 Å². The van der Waals surface area contributed by atoms with Crippen LogP contribution in [0, 0.1) is 0 Å². The summed E-state index contributed by atoms with van der Waals surface area (Å²) < 4.78 is 1.87. The minimum atomic E-state index is 0.0667. The average Bonchev–Trinajstić information content (AvgIpc) is 3.21. The first-order valence-corrected chi connectivity index (χ1v) is 7.66. The van der Waals surface area contributed by atoms with Crippen molar-refractivity contribution < 1.29 is 0 Å². The number of allylic oxidation sites excluding steroid dienone is 7. The van der Waals surface area contributed by atoms with Crippen LogP contribution in [0.5, 0.6) is 0 Å². The molecule has 1 aromatic rings. The van der Waals surface area contributed by atoms with Gasteiger partial charge in [0, 0.05) is 6.54 Å². The molecule has 0 saturated carbocycles. The highest BCUT2D eigenvalue weighted by Crippen LogP contribution is 2.34. The van der Waals surface area contributed by atoms with Crippen LogP contribution in [0.2, 0.25) is 0 Å². The monoisotopic (exact) mass is 296 g/mol. The molecule has 6 heteroatoms. The second-order valence-corrected chi connectivity index (χ2v) is 5.07. The highest BCUT2D eigenvalue weighted by molar-refractivity contribution is 5.77. The average molecular weight is 296 g/mol. The predicted molar refractivity (Wildman–Crippen MR) is 87.2 cm³/mol. The smallest absolute Gasteiger partial charge is 0.199 e. The second kappa shape index (κ2) is 6.09. The van der Waals surface area contributed by atoms with Crippen LogP contribution in [0.3, 0.4) is 0 Å². The molecule has 3 heterocycles.